The van der Waals surface area contributed by atoms with E-state index in [0.717, 1.165) is 60.8 Å². The van der Waals surface area contributed by atoms with E-state index in [1.807, 2.05) is 24.3 Å². The maximum Gasteiger partial charge on any atom is 0.197 e. The number of fused-ring (bicyclic) bond motifs is 4. The smallest absolute Gasteiger partial charge is 0.197 e. The minimum atomic E-state index is -0.114. The number of aromatic nitrogens is 2. The fourth-order valence-corrected chi connectivity index (χ4v) is 7.27. The zero-order chi connectivity index (χ0) is 33.9. The monoisotopic (exact) mass is 642 g/mol. The highest BCUT2D eigenvalue weighted by atomic mass is 16.1. The van der Waals surface area contributed by atoms with Crippen LogP contribution in [0, 0.1) is 22.7 Å². The second kappa shape index (κ2) is 17.1. The molecule has 0 atom stereocenters. The van der Waals surface area contributed by atoms with Gasteiger partial charge in [0.2, 0.25) is 0 Å². The van der Waals surface area contributed by atoms with Crippen molar-refractivity contribution in [1.82, 2.24) is 9.13 Å². The fourth-order valence-electron chi connectivity index (χ4n) is 7.27. The minimum Gasteiger partial charge on any atom is -0.340 e. The maximum atomic E-state index is 14.2. The van der Waals surface area contributed by atoms with E-state index in [1.54, 1.807) is 24.3 Å². The van der Waals surface area contributed by atoms with Gasteiger partial charge >= 0.3 is 0 Å². The van der Waals surface area contributed by atoms with Gasteiger partial charge in [0.25, 0.3) is 0 Å². The SMILES string of the molecule is CCCCCCCCCCn1c2ccc(C#N)cc2c(=O)c2cc3c(cc21)c(=O)c1cc(C#N)ccc1n3CCCCCCCCCC. The van der Waals surface area contributed by atoms with Crippen molar-refractivity contribution in [2.45, 2.75) is 130 Å². The van der Waals surface area contributed by atoms with Gasteiger partial charge in [0.05, 0.1) is 45.3 Å². The number of nitrogens with zero attached hydrogens (tertiary/aromatic N) is 4. The number of pyridine rings is 2. The Labute approximate surface area is 284 Å². The van der Waals surface area contributed by atoms with Gasteiger partial charge in [-0.25, -0.2) is 0 Å². The van der Waals surface area contributed by atoms with Gasteiger partial charge in [-0.1, -0.05) is 104 Å². The molecule has 5 aromatic rings. The van der Waals surface area contributed by atoms with Crippen molar-refractivity contribution < 1.29 is 0 Å². The summed E-state index contributed by atoms with van der Waals surface area (Å²) in [7, 11) is 0. The number of benzene rings is 3. The van der Waals surface area contributed by atoms with Crippen LogP contribution in [-0.2, 0) is 13.1 Å². The molecule has 0 amide bonds. The molecule has 0 unspecified atom stereocenters. The molecule has 0 aliphatic heterocycles. The number of hydrogen-bond acceptors (Lipinski definition) is 4. The number of unbranched alkanes of at least 4 members (excludes halogenated alkanes) is 14. The Morgan fingerprint density at radius 3 is 1.15 bits per heavy atom. The van der Waals surface area contributed by atoms with Crippen molar-refractivity contribution in [2.24, 2.45) is 0 Å². The maximum absolute atomic E-state index is 14.2. The summed E-state index contributed by atoms with van der Waals surface area (Å²) in [5, 5.41) is 21.5. The highest BCUT2D eigenvalue weighted by Gasteiger charge is 2.18. The summed E-state index contributed by atoms with van der Waals surface area (Å²) < 4.78 is 4.37. The van der Waals surface area contributed by atoms with E-state index in [1.165, 1.54) is 77.0 Å². The molecule has 0 saturated carbocycles. The quantitative estimate of drug-likeness (QED) is 0.0702. The molecule has 0 aliphatic carbocycles. The van der Waals surface area contributed by atoms with Gasteiger partial charge in [0, 0.05) is 34.6 Å². The lowest BCUT2D eigenvalue weighted by molar-refractivity contribution is 0.552. The number of rotatable bonds is 18. The van der Waals surface area contributed by atoms with Gasteiger partial charge in [0.15, 0.2) is 10.9 Å². The van der Waals surface area contributed by atoms with Crippen molar-refractivity contribution >= 4 is 43.6 Å². The second-order valence-corrected chi connectivity index (χ2v) is 13.5. The molecule has 5 rings (SSSR count). The van der Waals surface area contributed by atoms with Crippen LogP contribution in [0.3, 0.4) is 0 Å². The summed E-state index contributed by atoms with van der Waals surface area (Å²) in [6, 6.07) is 19.0. The molecule has 0 radical (unpaired) electrons. The van der Waals surface area contributed by atoms with Gasteiger partial charge in [-0.2, -0.15) is 10.5 Å². The first-order valence-electron chi connectivity index (χ1n) is 18.4. The lowest BCUT2D eigenvalue weighted by atomic mass is 10.0. The number of nitriles is 2. The van der Waals surface area contributed by atoms with Crippen molar-refractivity contribution in [3.8, 4) is 12.1 Å². The van der Waals surface area contributed by atoms with E-state index in [-0.39, 0.29) is 10.9 Å². The van der Waals surface area contributed by atoms with Gasteiger partial charge in [-0.3, -0.25) is 9.59 Å². The average molecular weight is 643 g/mol. The van der Waals surface area contributed by atoms with Gasteiger partial charge < -0.3 is 9.13 Å². The molecule has 6 heteroatoms. The molecule has 48 heavy (non-hydrogen) atoms. The Kier molecular flexibility index (Phi) is 12.4. The van der Waals surface area contributed by atoms with Crippen LogP contribution in [-0.4, -0.2) is 9.13 Å². The minimum absolute atomic E-state index is 0.114. The van der Waals surface area contributed by atoms with Crippen LogP contribution in [0.25, 0.3) is 43.6 Å². The predicted octanol–water partition coefficient (Wildman–Crippen LogP) is 10.6. The van der Waals surface area contributed by atoms with Crippen LogP contribution in [0.1, 0.15) is 128 Å². The standard InChI is InChI=1S/C42H50N4O2/c1-3-5-7-9-11-13-15-17-23-45-37-21-19-31(29-43)25-33(37)41(47)35-28-40-36(27-39(35)45)42(48)34-26-32(30-44)20-22-38(34)46(40)24-18-16-14-12-10-8-6-4-2/h19-22,25-28H,3-18,23-24H2,1-2H3. The zero-order valence-electron chi connectivity index (χ0n) is 29.0. The Morgan fingerprint density at radius 1 is 0.458 bits per heavy atom. The number of aryl methyl sites for hydroxylation is 2. The molecule has 0 bridgehead atoms. The topological polar surface area (TPSA) is 91.6 Å². The molecule has 0 saturated heterocycles. The molecule has 0 spiro atoms. The fraction of sp³-hybridized carbons (Fsp3) is 0.476. The predicted molar refractivity (Wildman–Crippen MR) is 200 cm³/mol. The van der Waals surface area contributed by atoms with Crippen LogP contribution in [0.15, 0.2) is 58.1 Å². The third-order valence-electron chi connectivity index (χ3n) is 9.98. The average Bonchev–Trinajstić information content (AvgIpc) is 3.12. The largest absolute Gasteiger partial charge is 0.340 e. The van der Waals surface area contributed by atoms with Crippen LogP contribution in [0.2, 0.25) is 0 Å². The molecular weight excluding hydrogens is 592 g/mol. The molecule has 6 nitrogen and oxygen atoms in total. The van der Waals surface area contributed by atoms with E-state index >= 15 is 0 Å². The first kappa shape index (κ1) is 34.9. The molecule has 0 N–H and O–H groups in total. The summed E-state index contributed by atoms with van der Waals surface area (Å²) in [6.07, 6.45) is 19.1. The Balaban J connectivity index is 1.59. The van der Waals surface area contributed by atoms with Crippen LogP contribution in [0.5, 0.6) is 0 Å². The summed E-state index contributed by atoms with van der Waals surface area (Å²) >= 11 is 0. The highest BCUT2D eigenvalue weighted by Crippen LogP contribution is 2.28. The van der Waals surface area contributed by atoms with Crippen LogP contribution in [0.4, 0.5) is 0 Å². The molecular formula is C42H50N4O2. The Morgan fingerprint density at radius 2 is 0.792 bits per heavy atom. The normalized spacial score (nSPS) is 11.5. The Bertz CT molecular complexity index is 1940. The van der Waals surface area contributed by atoms with E-state index in [2.05, 4.69) is 35.1 Å². The molecule has 2 heterocycles. The molecule has 0 fully saturated rings. The summed E-state index contributed by atoms with van der Waals surface area (Å²) in [5.74, 6) is 0. The lowest BCUT2D eigenvalue weighted by Gasteiger charge is -2.19. The summed E-state index contributed by atoms with van der Waals surface area (Å²) in [6.45, 7) is 5.91. The second-order valence-electron chi connectivity index (χ2n) is 13.5. The highest BCUT2D eigenvalue weighted by molar-refractivity contribution is 6.04. The summed E-state index contributed by atoms with van der Waals surface area (Å²) in [4.78, 5) is 28.3. The summed E-state index contributed by atoms with van der Waals surface area (Å²) in [5.41, 5.74) is 3.78. The van der Waals surface area contributed by atoms with Crippen molar-refractivity contribution in [3.63, 3.8) is 0 Å². The van der Waals surface area contributed by atoms with E-state index in [4.69, 9.17) is 0 Å². The van der Waals surface area contributed by atoms with Gasteiger partial charge in [-0.05, 0) is 61.4 Å². The molecule has 250 valence electrons. The zero-order valence-corrected chi connectivity index (χ0v) is 29.0. The number of hydrogen-bond donors (Lipinski definition) is 0. The first-order valence-corrected chi connectivity index (χ1v) is 18.4. The lowest BCUT2D eigenvalue weighted by Crippen LogP contribution is -2.16. The van der Waals surface area contributed by atoms with Crippen LogP contribution < -0.4 is 10.9 Å². The van der Waals surface area contributed by atoms with E-state index in [9.17, 15) is 20.1 Å². The van der Waals surface area contributed by atoms with E-state index < -0.39 is 0 Å². The van der Waals surface area contributed by atoms with Crippen molar-refractivity contribution in [3.05, 3.63) is 80.1 Å². The molecule has 3 aromatic carbocycles. The molecule has 0 aliphatic rings. The first-order chi connectivity index (χ1) is 23.5. The van der Waals surface area contributed by atoms with E-state index in [0.29, 0.717) is 32.7 Å². The van der Waals surface area contributed by atoms with Crippen molar-refractivity contribution in [2.75, 3.05) is 0 Å². The Hall–Kier alpha value is -4.42. The van der Waals surface area contributed by atoms with Gasteiger partial charge in [-0.15, -0.1) is 0 Å². The third kappa shape index (κ3) is 7.82. The van der Waals surface area contributed by atoms with Gasteiger partial charge in [0.1, 0.15) is 0 Å². The third-order valence-corrected chi connectivity index (χ3v) is 9.98. The van der Waals surface area contributed by atoms with Crippen molar-refractivity contribution in [1.29, 1.82) is 10.5 Å². The molecule has 2 aromatic heterocycles. The van der Waals surface area contributed by atoms with Crippen LogP contribution >= 0.6 is 0 Å².